The molecule has 1 atom stereocenters. The highest BCUT2D eigenvalue weighted by Crippen LogP contribution is 2.20. The second-order valence-corrected chi connectivity index (χ2v) is 6.38. The fourth-order valence-electron chi connectivity index (χ4n) is 2.21. The van der Waals surface area contributed by atoms with Crippen molar-refractivity contribution in [3.63, 3.8) is 0 Å². The van der Waals surface area contributed by atoms with Crippen LogP contribution in [0.2, 0.25) is 0 Å². The summed E-state index contributed by atoms with van der Waals surface area (Å²) >= 11 is 1.52. The Balaban J connectivity index is 2.11. The highest BCUT2D eigenvalue weighted by Gasteiger charge is 2.14. The van der Waals surface area contributed by atoms with Crippen molar-refractivity contribution in [1.82, 2.24) is 5.32 Å². The zero-order chi connectivity index (χ0) is 16.8. The predicted molar refractivity (Wildman–Crippen MR) is 95.0 cm³/mol. The Morgan fingerprint density at radius 2 is 2.04 bits per heavy atom. The standard InChI is InChI=1S/C19H20N2OS/c1-4-15-5-7-16(8-6-15)14(3)21-19(22)17(12-20)11-18-13(2)9-10-23-18/h5-11,14H,4H2,1-3H3,(H,21,22)/b17-11+. The van der Waals surface area contributed by atoms with Gasteiger partial charge < -0.3 is 5.32 Å². The molecule has 3 nitrogen and oxygen atoms in total. The molecule has 1 N–H and O–H groups in total. The summed E-state index contributed by atoms with van der Waals surface area (Å²) < 4.78 is 0. The van der Waals surface area contributed by atoms with Crippen LogP contribution in [0.3, 0.4) is 0 Å². The first kappa shape index (κ1) is 17.0. The lowest BCUT2D eigenvalue weighted by Crippen LogP contribution is -2.27. The molecule has 118 valence electrons. The van der Waals surface area contributed by atoms with Gasteiger partial charge in [0.2, 0.25) is 0 Å². The van der Waals surface area contributed by atoms with E-state index >= 15 is 0 Å². The molecule has 0 aliphatic heterocycles. The molecule has 1 heterocycles. The fraction of sp³-hybridized carbons (Fsp3) is 0.263. The van der Waals surface area contributed by atoms with Crippen LogP contribution in [-0.4, -0.2) is 5.91 Å². The molecule has 0 saturated carbocycles. The molecule has 2 aromatic rings. The van der Waals surface area contributed by atoms with Gasteiger partial charge in [-0.3, -0.25) is 4.79 Å². The highest BCUT2D eigenvalue weighted by atomic mass is 32.1. The number of nitrogens with zero attached hydrogens (tertiary/aromatic N) is 1. The Morgan fingerprint density at radius 1 is 1.35 bits per heavy atom. The quantitative estimate of drug-likeness (QED) is 0.654. The smallest absolute Gasteiger partial charge is 0.262 e. The average molecular weight is 324 g/mol. The first-order valence-electron chi connectivity index (χ1n) is 7.60. The summed E-state index contributed by atoms with van der Waals surface area (Å²) in [6.07, 6.45) is 2.64. The molecular weight excluding hydrogens is 304 g/mol. The molecule has 1 unspecified atom stereocenters. The molecule has 0 fully saturated rings. The number of hydrogen-bond donors (Lipinski definition) is 1. The normalized spacial score (nSPS) is 12.5. The first-order chi connectivity index (χ1) is 11.0. The molecule has 0 bridgehead atoms. The Labute approximate surface area is 141 Å². The van der Waals surface area contributed by atoms with Crippen LogP contribution < -0.4 is 5.32 Å². The number of nitriles is 1. The van der Waals surface area contributed by atoms with E-state index in [1.807, 2.05) is 43.5 Å². The monoisotopic (exact) mass is 324 g/mol. The third-order valence-corrected chi connectivity index (χ3v) is 4.74. The summed E-state index contributed by atoms with van der Waals surface area (Å²) in [6.45, 7) is 5.99. The van der Waals surface area contributed by atoms with Gasteiger partial charge >= 0.3 is 0 Å². The van der Waals surface area contributed by atoms with E-state index in [1.165, 1.54) is 16.9 Å². The Kier molecular flexibility index (Phi) is 5.72. The maximum absolute atomic E-state index is 12.3. The molecule has 4 heteroatoms. The van der Waals surface area contributed by atoms with Crippen LogP contribution in [-0.2, 0) is 11.2 Å². The van der Waals surface area contributed by atoms with Crippen molar-refractivity contribution in [3.05, 3.63) is 62.9 Å². The minimum Gasteiger partial charge on any atom is -0.345 e. The van der Waals surface area contributed by atoms with Gasteiger partial charge in [-0.05, 0) is 54.5 Å². The summed E-state index contributed by atoms with van der Waals surface area (Å²) in [5.74, 6) is -0.340. The maximum atomic E-state index is 12.3. The number of carbonyl (C=O) groups is 1. The topological polar surface area (TPSA) is 52.9 Å². The number of hydrogen-bond acceptors (Lipinski definition) is 3. The summed E-state index contributed by atoms with van der Waals surface area (Å²) in [6, 6.07) is 12.0. The number of aryl methyl sites for hydroxylation is 2. The average Bonchev–Trinajstić information content (AvgIpc) is 2.97. The molecule has 1 amide bonds. The van der Waals surface area contributed by atoms with Gasteiger partial charge in [-0.25, -0.2) is 0 Å². The van der Waals surface area contributed by atoms with Crippen LogP contribution in [0.1, 0.15) is 41.5 Å². The van der Waals surface area contributed by atoms with E-state index < -0.39 is 0 Å². The van der Waals surface area contributed by atoms with Crippen LogP contribution in [0.5, 0.6) is 0 Å². The van der Waals surface area contributed by atoms with Crippen molar-refractivity contribution in [2.75, 3.05) is 0 Å². The fourth-order valence-corrected chi connectivity index (χ4v) is 3.07. The van der Waals surface area contributed by atoms with Gasteiger partial charge in [0.15, 0.2) is 0 Å². The van der Waals surface area contributed by atoms with Crippen molar-refractivity contribution in [1.29, 1.82) is 5.26 Å². The van der Waals surface area contributed by atoms with Crippen LogP contribution >= 0.6 is 11.3 Å². The van der Waals surface area contributed by atoms with Gasteiger partial charge in [0.25, 0.3) is 5.91 Å². The minimum atomic E-state index is -0.340. The maximum Gasteiger partial charge on any atom is 0.262 e. The van der Waals surface area contributed by atoms with E-state index in [1.54, 1.807) is 6.08 Å². The number of amides is 1. The van der Waals surface area contributed by atoms with Gasteiger partial charge in [-0.2, -0.15) is 5.26 Å². The summed E-state index contributed by atoms with van der Waals surface area (Å²) in [7, 11) is 0. The SMILES string of the molecule is CCc1ccc(C(C)NC(=O)/C(C#N)=C/c2sccc2C)cc1. The van der Waals surface area contributed by atoms with Crippen molar-refractivity contribution in [3.8, 4) is 6.07 Å². The van der Waals surface area contributed by atoms with Crippen molar-refractivity contribution >= 4 is 23.3 Å². The lowest BCUT2D eigenvalue weighted by molar-refractivity contribution is -0.117. The van der Waals surface area contributed by atoms with Gasteiger partial charge in [0, 0.05) is 4.88 Å². The van der Waals surface area contributed by atoms with Crippen LogP contribution in [0.25, 0.3) is 6.08 Å². The summed E-state index contributed by atoms with van der Waals surface area (Å²) in [5.41, 5.74) is 3.49. The van der Waals surface area contributed by atoms with Crippen molar-refractivity contribution in [2.45, 2.75) is 33.2 Å². The van der Waals surface area contributed by atoms with E-state index in [2.05, 4.69) is 24.4 Å². The molecule has 0 saturated heterocycles. The number of thiophene rings is 1. The third kappa shape index (κ3) is 4.30. The van der Waals surface area contributed by atoms with E-state index in [0.717, 1.165) is 22.4 Å². The molecule has 2 rings (SSSR count). The van der Waals surface area contributed by atoms with Crippen LogP contribution in [0.4, 0.5) is 0 Å². The third-order valence-electron chi connectivity index (χ3n) is 3.78. The highest BCUT2D eigenvalue weighted by molar-refractivity contribution is 7.11. The second kappa shape index (κ2) is 7.75. The largest absolute Gasteiger partial charge is 0.345 e. The number of carbonyl (C=O) groups excluding carboxylic acids is 1. The van der Waals surface area contributed by atoms with Crippen molar-refractivity contribution in [2.24, 2.45) is 0 Å². The second-order valence-electron chi connectivity index (χ2n) is 5.43. The van der Waals surface area contributed by atoms with Gasteiger partial charge in [0.05, 0.1) is 6.04 Å². The molecule has 0 spiro atoms. The van der Waals surface area contributed by atoms with Gasteiger partial charge in [-0.15, -0.1) is 11.3 Å². The Bertz CT molecular complexity index is 750. The van der Waals surface area contributed by atoms with E-state index in [9.17, 15) is 10.1 Å². The molecule has 23 heavy (non-hydrogen) atoms. The summed E-state index contributed by atoms with van der Waals surface area (Å²) in [4.78, 5) is 13.3. The van der Waals surface area contributed by atoms with E-state index in [-0.39, 0.29) is 17.5 Å². The lowest BCUT2D eigenvalue weighted by Gasteiger charge is -2.14. The predicted octanol–water partition coefficient (Wildman–Crippen LogP) is 4.40. The Morgan fingerprint density at radius 3 is 2.57 bits per heavy atom. The zero-order valence-corrected chi connectivity index (χ0v) is 14.4. The number of nitrogens with one attached hydrogen (secondary N) is 1. The van der Waals surface area contributed by atoms with E-state index in [4.69, 9.17) is 0 Å². The number of benzene rings is 1. The van der Waals surface area contributed by atoms with Gasteiger partial charge in [0.1, 0.15) is 11.6 Å². The lowest BCUT2D eigenvalue weighted by atomic mass is 10.0. The minimum absolute atomic E-state index is 0.132. The molecule has 0 aliphatic carbocycles. The Hall–Kier alpha value is -2.38. The first-order valence-corrected chi connectivity index (χ1v) is 8.48. The van der Waals surface area contributed by atoms with Gasteiger partial charge in [-0.1, -0.05) is 31.2 Å². The summed E-state index contributed by atoms with van der Waals surface area (Å²) in [5, 5.41) is 14.1. The molecule has 0 radical (unpaired) electrons. The van der Waals surface area contributed by atoms with E-state index in [0.29, 0.717) is 0 Å². The molecule has 1 aromatic carbocycles. The van der Waals surface area contributed by atoms with Crippen LogP contribution in [0, 0.1) is 18.3 Å². The zero-order valence-electron chi connectivity index (χ0n) is 13.6. The molecule has 1 aromatic heterocycles. The number of rotatable bonds is 5. The molecular formula is C19H20N2OS. The van der Waals surface area contributed by atoms with Crippen molar-refractivity contribution < 1.29 is 4.79 Å². The van der Waals surface area contributed by atoms with Crippen LogP contribution in [0.15, 0.2) is 41.3 Å². The molecule has 0 aliphatic rings.